The van der Waals surface area contributed by atoms with Crippen LogP contribution in [-0.2, 0) is 9.53 Å². The highest BCUT2D eigenvalue weighted by atomic mass is 32.1. The van der Waals surface area contributed by atoms with Crippen LogP contribution in [0.25, 0.3) is 0 Å². The Bertz CT molecular complexity index is 237. The molecule has 1 saturated carbocycles. The van der Waals surface area contributed by atoms with Crippen LogP contribution in [0.1, 0.15) is 33.1 Å². The maximum absolute atomic E-state index is 11.7. The zero-order valence-electron chi connectivity index (χ0n) is 9.80. The third-order valence-corrected chi connectivity index (χ3v) is 3.48. The second-order valence-corrected chi connectivity index (χ2v) is 5.52. The third kappa shape index (κ3) is 4.03. The Hall–Kier alpha value is -0.220. The van der Waals surface area contributed by atoms with Gasteiger partial charge in [0.1, 0.15) is 0 Å². The topological polar surface area (TPSA) is 38.3 Å². The minimum Gasteiger partial charge on any atom is -0.382 e. The molecule has 0 radical (unpaired) electrons. The fraction of sp³-hybridized carbons (Fsp3) is 0.909. The Kier molecular flexibility index (Phi) is 4.06. The number of carbonyl (C=O) groups excluding carboxylic acids is 1. The molecule has 0 heterocycles. The van der Waals surface area contributed by atoms with Gasteiger partial charge < -0.3 is 10.1 Å². The van der Waals surface area contributed by atoms with Crippen molar-refractivity contribution in [1.82, 2.24) is 5.32 Å². The summed E-state index contributed by atoms with van der Waals surface area (Å²) in [6.45, 7) is 4.47. The zero-order valence-corrected chi connectivity index (χ0v) is 10.7. The summed E-state index contributed by atoms with van der Waals surface area (Å²) < 4.78 is 5.05. The molecule has 0 aromatic heterocycles. The predicted octanol–water partition coefficient (Wildman–Crippen LogP) is 1.63. The molecule has 1 aliphatic rings. The second kappa shape index (κ2) is 4.74. The van der Waals surface area contributed by atoms with Gasteiger partial charge in [0, 0.05) is 13.5 Å². The average molecular weight is 231 g/mol. The van der Waals surface area contributed by atoms with Crippen LogP contribution in [0.5, 0.6) is 0 Å². The minimum atomic E-state index is -0.279. The Morgan fingerprint density at radius 1 is 1.53 bits per heavy atom. The van der Waals surface area contributed by atoms with Crippen LogP contribution < -0.4 is 5.32 Å². The van der Waals surface area contributed by atoms with Crippen molar-refractivity contribution in [2.45, 2.75) is 38.6 Å². The first kappa shape index (κ1) is 12.8. The Morgan fingerprint density at radius 3 is 2.53 bits per heavy atom. The van der Waals surface area contributed by atoms with E-state index in [0.717, 1.165) is 18.6 Å². The van der Waals surface area contributed by atoms with Crippen molar-refractivity contribution in [3.63, 3.8) is 0 Å². The fourth-order valence-electron chi connectivity index (χ4n) is 1.73. The fourth-order valence-corrected chi connectivity index (χ4v) is 2.15. The number of nitrogens with one attached hydrogen (secondary N) is 1. The van der Waals surface area contributed by atoms with Crippen molar-refractivity contribution in [3.05, 3.63) is 0 Å². The molecular formula is C11H21NO2S. The molecule has 0 unspecified atom stereocenters. The smallest absolute Gasteiger partial charge is 0.221 e. The maximum Gasteiger partial charge on any atom is 0.221 e. The van der Waals surface area contributed by atoms with Gasteiger partial charge in [-0.05, 0) is 37.9 Å². The summed E-state index contributed by atoms with van der Waals surface area (Å²) in [5.41, 5.74) is -0.0884. The van der Waals surface area contributed by atoms with Crippen LogP contribution in [0.2, 0.25) is 0 Å². The van der Waals surface area contributed by atoms with Crippen molar-refractivity contribution in [1.29, 1.82) is 0 Å². The van der Waals surface area contributed by atoms with Crippen LogP contribution in [-0.4, -0.2) is 30.9 Å². The van der Waals surface area contributed by atoms with Gasteiger partial charge in [0.25, 0.3) is 0 Å². The van der Waals surface area contributed by atoms with Crippen molar-refractivity contribution in [2.75, 3.05) is 19.5 Å². The monoisotopic (exact) mass is 231 g/mol. The first-order chi connectivity index (χ1) is 6.93. The van der Waals surface area contributed by atoms with Crippen LogP contribution in [0.3, 0.4) is 0 Å². The number of amides is 1. The Morgan fingerprint density at radius 2 is 2.13 bits per heavy atom. The Labute approximate surface area is 97.4 Å². The number of ether oxygens (including phenoxy) is 1. The van der Waals surface area contributed by atoms with E-state index in [1.807, 2.05) is 13.8 Å². The number of carbonyl (C=O) groups is 1. The Balaban J connectivity index is 2.35. The molecule has 0 atom stereocenters. The molecule has 4 heteroatoms. The van der Waals surface area contributed by atoms with Crippen molar-refractivity contribution in [2.24, 2.45) is 5.41 Å². The standard InChI is InChI=1S/C11H21NO2S/c1-10(2,7-14-3)12-9(13)6-11(8-15)4-5-11/h15H,4-8H2,1-3H3,(H,12,13). The molecule has 1 amide bonds. The van der Waals surface area contributed by atoms with Crippen LogP contribution in [0, 0.1) is 5.41 Å². The summed E-state index contributed by atoms with van der Waals surface area (Å²) in [4.78, 5) is 11.7. The molecule has 88 valence electrons. The van der Waals surface area contributed by atoms with E-state index in [1.54, 1.807) is 7.11 Å². The first-order valence-corrected chi connectivity index (χ1v) is 5.97. The summed E-state index contributed by atoms with van der Waals surface area (Å²) in [6.07, 6.45) is 2.87. The van der Waals surface area contributed by atoms with Crippen LogP contribution in [0.15, 0.2) is 0 Å². The van der Waals surface area contributed by atoms with Crippen LogP contribution in [0.4, 0.5) is 0 Å². The van der Waals surface area contributed by atoms with Gasteiger partial charge in [-0.15, -0.1) is 0 Å². The first-order valence-electron chi connectivity index (χ1n) is 5.34. The largest absolute Gasteiger partial charge is 0.382 e. The van der Waals surface area contributed by atoms with Gasteiger partial charge in [0.15, 0.2) is 0 Å². The highest BCUT2D eigenvalue weighted by Gasteiger charge is 2.43. The van der Waals surface area contributed by atoms with E-state index in [1.165, 1.54) is 0 Å². The molecule has 0 saturated heterocycles. The van der Waals surface area contributed by atoms with Crippen LogP contribution >= 0.6 is 12.6 Å². The average Bonchev–Trinajstić information content (AvgIpc) is 2.83. The molecule has 1 rings (SSSR count). The lowest BCUT2D eigenvalue weighted by molar-refractivity contribution is -0.124. The highest BCUT2D eigenvalue weighted by Crippen LogP contribution is 2.49. The molecular weight excluding hydrogens is 210 g/mol. The van der Waals surface area contributed by atoms with Crippen molar-refractivity contribution >= 4 is 18.5 Å². The van der Waals surface area contributed by atoms with Gasteiger partial charge in [0.2, 0.25) is 5.91 Å². The van der Waals surface area contributed by atoms with Crippen molar-refractivity contribution in [3.8, 4) is 0 Å². The molecule has 0 spiro atoms. The molecule has 15 heavy (non-hydrogen) atoms. The SMILES string of the molecule is COCC(C)(C)NC(=O)CC1(CS)CC1. The van der Waals surface area contributed by atoms with E-state index >= 15 is 0 Å². The van der Waals surface area contributed by atoms with Crippen molar-refractivity contribution < 1.29 is 9.53 Å². The molecule has 1 aliphatic carbocycles. The third-order valence-electron chi connectivity index (χ3n) is 2.81. The molecule has 1 N–H and O–H groups in total. The number of methoxy groups -OCH3 is 1. The summed E-state index contributed by atoms with van der Waals surface area (Å²) >= 11 is 4.29. The van der Waals surface area contributed by atoms with E-state index < -0.39 is 0 Å². The summed E-state index contributed by atoms with van der Waals surface area (Å²) in [7, 11) is 1.64. The molecule has 0 aromatic carbocycles. The van der Waals surface area contributed by atoms with E-state index in [9.17, 15) is 4.79 Å². The normalized spacial score (nSPS) is 18.7. The number of thiol groups is 1. The van der Waals surface area contributed by atoms with Gasteiger partial charge in [0.05, 0.1) is 12.1 Å². The van der Waals surface area contributed by atoms with E-state index in [-0.39, 0.29) is 16.9 Å². The van der Waals surface area contributed by atoms with E-state index in [4.69, 9.17) is 4.74 Å². The lowest BCUT2D eigenvalue weighted by Crippen LogP contribution is -2.47. The lowest BCUT2D eigenvalue weighted by atomic mass is 10.0. The quantitative estimate of drug-likeness (QED) is 0.682. The van der Waals surface area contributed by atoms with Gasteiger partial charge in [-0.2, -0.15) is 12.6 Å². The van der Waals surface area contributed by atoms with E-state index in [2.05, 4.69) is 17.9 Å². The molecule has 0 bridgehead atoms. The summed E-state index contributed by atoms with van der Waals surface area (Å²) in [6, 6.07) is 0. The van der Waals surface area contributed by atoms with Gasteiger partial charge in [-0.1, -0.05) is 0 Å². The molecule has 0 aromatic rings. The van der Waals surface area contributed by atoms with Gasteiger partial charge in [-0.3, -0.25) is 4.79 Å². The molecule has 0 aliphatic heterocycles. The summed E-state index contributed by atoms with van der Waals surface area (Å²) in [5.74, 6) is 0.925. The summed E-state index contributed by atoms with van der Waals surface area (Å²) in [5, 5.41) is 2.99. The predicted molar refractivity (Wildman–Crippen MR) is 64.2 cm³/mol. The number of hydrogen-bond donors (Lipinski definition) is 2. The van der Waals surface area contributed by atoms with Gasteiger partial charge in [-0.25, -0.2) is 0 Å². The molecule has 3 nitrogen and oxygen atoms in total. The number of rotatable bonds is 6. The highest BCUT2D eigenvalue weighted by molar-refractivity contribution is 7.80. The lowest BCUT2D eigenvalue weighted by Gasteiger charge is -2.26. The minimum absolute atomic E-state index is 0.114. The second-order valence-electron chi connectivity index (χ2n) is 5.20. The van der Waals surface area contributed by atoms with E-state index in [0.29, 0.717) is 13.0 Å². The van der Waals surface area contributed by atoms with Gasteiger partial charge >= 0.3 is 0 Å². The zero-order chi connectivity index (χ0) is 11.5. The number of hydrogen-bond acceptors (Lipinski definition) is 3. The maximum atomic E-state index is 11.7. The molecule has 1 fully saturated rings.